The molecule has 0 saturated heterocycles. The van der Waals surface area contributed by atoms with Crippen LogP contribution in [-0.2, 0) is 0 Å². The summed E-state index contributed by atoms with van der Waals surface area (Å²) in [5.74, 6) is -0.259. The first-order valence-corrected chi connectivity index (χ1v) is 7.05. The van der Waals surface area contributed by atoms with Gasteiger partial charge in [-0.15, -0.1) is 12.4 Å². The third-order valence-electron chi connectivity index (χ3n) is 4.03. The van der Waals surface area contributed by atoms with Crippen molar-refractivity contribution in [2.24, 2.45) is 0 Å². The van der Waals surface area contributed by atoms with Gasteiger partial charge in [0.2, 0.25) is 0 Å². The fourth-order valence-electron chi connectivity index (χ4n) is 2.57. The van der Waals surface area contributed by atoms with Gasteiger partial charge in [-0.1, -0.05) is 12.1 Å². The SMILES string of the molecule is CNCC(c1ccc(O)c(C)c1O)c1ccc(O)c(C)c1O.Cl. The van der Waals surface area contributed by atoms with Crippen LogP contribution in [0.2, 0.25) is 0 Å². The molecule has 2 aromatic carbocycles. The van der Waals surface area contributed by atoms with E-state index in [2.05, 4.69) is 5.32 Å². The number of phenolic OH excluding ortho intramolecular Hbond substituents is 4. The highest BCUT2D eigenvalue weighted by atomic mass is 35.5. The molecular weight excluding hydrogens is 318 g/mol. The van der Waals surface area contributed by atoms with E-state index in [1.807, 2.05) is 0 Å². The fourth-order valence-corrected chi connectivity index (χ4v) is 2.57. The van der Waals surface area contributed by atoms with Gasteiger partial charge in [0.1, 0.15) is 23.0 Å². The molecule has 0 fully saturated rings. The van der Waals surface area contributed by atoms with E-state index in [0.29, 0.717) is 28.8 Å². The predicted octanol–water partition coefficient (Wildman–Crippen LogP) is 2.90. The van der Waals surface area contributed by atoms with E-state index in [1.165, 1.54) is 12.1 Å². The number of phenols is 4. The summed E-state index contributed by atoms with van der Waals surface area (Å²) in [6.45, 7) is 3.74. The maximum absolute atomic E-state index is 10.3. The number of hydrogen-bond donors (Lipinski definition) is 5. The van der Waals surface area contributed by atoms with Crippen LogP contribution in [0.25, 0.3) is 0 Å². The average Bonchev–Trinajstić information content (AvgIpc) is 2.50. The maximum atomic E-state index is 10.3. The van der Waals surface area contributed by atoms with Crippen LogP contribution in [0.3, 0.4) is 0 Å². The molecule has 0 heterocycles. The first kappa shape index (κ1) is 18.9. The highest BCUT2D eigenvalue weighted by molar-refractivity contribution is 5.85. The lowest BCUT2D eigenvalue weighted by molar-refractivity contribution is 0.428. The highest BCUT2D eigenvalue weighted by Gasteiger charge is 2.23. The molecule has 0 radical (unpaired) electrons. The molecule has 0 aliphatic carbocycles. The molecule has 2 rings (SSSR count). The molecule has 0 aliphatic heterocycles. The quantitative estimate of drug-likeness (QED) is 0.590. The van der Waals surface area contributed by atoms with Crippen molar-refractivity contribution in [3.05, 3.63) is 46.5 Å². The summed E-state index contributed by atoms with van der Waals surface area (Å²) >= 11 is 0. The first-order chi connectivity index (χ1) is 10.4. The van der Waals surface area contributed by atoms with E-state index in [0.717, 1.165) is 0 Å². The Morgan fingerprint density at radius 1 is 0.826 bits per heavy atom. The van der Waals surface area contributed by atoms with Crippen LogP contribution in [0.5, 0.6) is 23.0 Å². The van der Waals surface area contributed by atoms with E-state index in [9.17, 15) is 20.4 Å². The molecular formula is C17H22ClNO4. The third kappa shape index (κ3) is 3.46. The third-order valence-corrected chi connectivity index (χ3v) is 4.03. The van der Waals surface area contributed by atoms with Gasteiger partial charge < -0.3 is 25.7 Å². The summed E-state index contributed by atoms with van der Waals surface area (Å²) in [6, 6.07) is 6.33. The zero-order valence-corrected chi connectivity index (χ0v) is 14.1. The van der Waals surface area contributed by atoms with Crippen molar-refractivity contribution in [2.45, 2.75) is 19.8 Å². The molecule has 5 N–H and O–H groups in total. The molecule has 126 valence electrons. The molecule has 23 heavy (non-hydrogen) atoms. The normalized spacial score (nSPS) is 10.6. The Morgan fingerprint density at radius 2 is 1.22 bits per heavy atom. The maximum Gasteiger partial charge on any atom is 0.126 e. The number of benzene rings is 2. The van der Waals surface area contributed by atoms with Gasteiger partial charge in [0.15, 0.2) is 0 Å². The lowest BCUT2D eigenvalue weighted by Gasteiger charge is -2.22. The minimum atomic E-state index is -0.316. The number of hydrogen-bond acceptors (Lipinski definition) is 5. The van der Waals surface area contributed by atoms with Gasteiger partial charge in [0.25, 0.3) is 0 Å². The van der Waals surface area contributed by atoms with Crippen LogP contribution >= 0.6 is 12.4 Å². The molecule has 2 aromatic rings. The van der Waals surface area contributed by atoms with Crippen molar-refractivity contribution in [1.29, 1.82) is 0 Å². The van der Waals surface area contributed by atoms with Crippen LogP contribution in [0.1, 0.15) is 28.2 Å². The van der Waals surface area contributed by atoms with Crippen LogP contribution in [0.4, 0.5) is 0 Å². The number of nitrogens with one attached hydrogen (secondary N) is 1. The minimum Gasteiger partial charge on any atom is -0.508 e. The second-order valence-electron chi connectivity index (χ2n) is 5.41. The average molecular weight is 340 g/mol. The molecule has 0 unspecified atom stereocenters. The molecule has 0 aliphatic rings. The van der Waals surface area contributed by atoms with Crippen molar-refractivity contribution >= 4 is 12.4 Å². The van der Waals surface area contributed by atoms with Crippen LogP contribution in [-0.4, -0.2) is 34.0 Å². The summed E-state index contributed by atoms with van der Waals surface area (Å²) < 4.78 is 0. The van der Waals surface area contributed by atoms with Gasteiger partial charge in [-0.25, -0.2) is 0 Å². The predicted molar refractivity (Wildman–Crippen MR) is 92.0 cm³/mol. The van der Waals surface area contributed by atoms with Crippen molar-refractivity contribution in [1.82, 2.24) is 5.32 Å². The largest absolute Gasteiger partial charge is 0.508 e. The van der Waals surface area contributed by atoms with Gasteiger partial charge in [-0.05, 0) is 33.0 Å². The topological polar surface area (TPSA) is 93.0 Å². The Bertz CT molecular complexity index is 646. The molecule has 0 spiro atoms. The van der Waals surface area contributed by atoms with Gasteiger partial charge in [0, 0.05) is 34.7 Å². The van der Waals surface area contributed by atoms with E-state index in [1.54, 1.807) is 33.0 Å². The van der Waals surface area contributed by atoms with E-state index in [4.69, 9.17) is 0 Å². The van der Waals surface area contributed by atoms with Crippen LogP contribution in [0, 0.1) is 13.8 Å². The molecule has 0 saturated carbocycles. The Hall–Kier alpha value is -2.11. The number of halogens is 1. The summed E-state index contributed by atoms with van der Waals surface area (Å²) in [6.07, 6.45) is 0. The first-order valence-electron chi connectivity index (χ1n) is 7.05. The Balaban J connectivity index is 0.00000264. The smallest absolute Gasteiger partial charge is 0.126 e. The standard InChI is InChI=1S/C17H21NO4.ClH/c1-9-14(19)6-4-11(16(9)21)13(8-18-3)12-5-7-15(20)10(2)17(12)22;/h4-7,13,18-22H,8H2,1-3H3;1H. The van der Waals surface area contributed by atoms with Gasteiger partial charge in [-0.3, -0.25) is 0 Å². The van der Waals surface area contributed by atoms with Crippen LogP contribution in [0.15, 0.2) is 24.3 Å². The van der Waals surface area contributed by atoms with Crippen molar-refractivity contribution < 1.29 is 20.4 Å². The van der Waals surface area contributed by atoms with Crippen molar-refractivity contribution in [3.63, 3.8) is 0 Å². The van der Waals surface area contributed by atoms with Gasteiger partial charge in [0.05, 0.1) is 0 Å². The molecule has 0 amide bonds. The second-order valence-corrected chi connectivity index (χ2v) is 5.41. The fraction of sp³-hybridized carbons (Fsp3) is 0.294. The molecule has 5 nitrogen and oxygen atoms in total. The van der Waals surface area contributed by atoms with Gasteiger partial charge in [-0.2, -0.15) is 0 Å². The zero-order chi connectivity index (χ0) is 16.4. The Morgan fingerprint density at radius 3 is 1.57 bits per heavy atom. The lowest BCUT2D eigenvalue weighted by Crippen LogP contribution is -2.19. The minimum absolute atomic E-state index is 0. The Labute approximate surface area is 141 Å². The monoisotopic (exact) mass is 339 g/mol. The van der Waals surface area contributed by atoms with E-state index in [-0.39, 0.29) is 41.3 Å². The summed E-state index contributed by atoms with van der Waals surface area (Å²) in [5.41, 5.74) is 2.00. The molecule has 6 heteroatoms. The lowest BCUT2D eigenvalue weighted by atomic mass is 9.87. The van der Waals surface area contributed by atoms with Crippen LogP contribution < -0.4 is 5.32 Å². The van der Waals surface area contributed by atoms with E-state index < -0.39 is 0 Å². The number of rotatable bonds is 4. The second kappa shape index (κ2) is 7.44. The molecule has 0 atom stereocenters. The zero-order valence-electron chi connectivity index (χ0n) is 13.3. The molecule has 0 aromatic heterocycles. The Kier molecular flexibility index (Phi) is 6.12. The summed E-state index contributed by atoms with van der Waals surface area (Å²) in [7, 11) is 1.78. The van der Waals surface area contributed by atoms with Gasteiger partial charge >= 0.3 is 0 Å². The summed E-state index contributed by atoms with van der Waals surface area (Å²) in [4.78, 5) is 0. The van der Waals surface area contributed by atoms with Crippen molar-refractivity contribution in [3.8, 4) is 23.0 Å². The molecule has 0 bridgehead atoms. The van der Waals surface area contributed by atoms with E-state index >= 15 is 0 Å². The van der Waals surface area contributed by atoms with Crippen molar-refractivity contribution in [2.75, 3.05) is 13.6 Å². The highest BCUT2D eigenvalue weighted by Crippen LogP contribution is 2.41. The summed E-state index contributed by atoms with van der Waals surface area (Å²) in [5, 5.41) is 43.1. The number of aromatic hydroxyl groups is 4. The number of likely N-dealkylation sites (N-methyl/N-ethyl adjacent to an activating group) is 1.